The number of unbranched alkanes of at least 4 members (excludes halogenated alkanes) is 16. The molecule has 0 heterocycles. The Balaban J connectivity index is 4.43. The molecule has 0 spiro atoms. The molecule has 0 saturated carbocycles. The van der Waals surface area contributed by atoms with Gasteiger partial charge in [0.15, 0.2) is 6.10 Å². The average Bonchev–Trinajstić information content (AvgIpc) is 3.39. The average molecular weight is 1010 g/mol. The van der Waals surface area contributed by atoms with E-state index < -0.39 is 6.10 Å². The highest BCUT2D eigenvalue weighted by atomic mass is 16.6. The van der Waals surface area contributed by atoms with Crippen LogP contribution in [0.2, 0.25) is 0 Å². The van der Waals surface area contributed by atoms with Crippen molar-refractivity contribution < 1.29 is 28.6 Å². The van der Waals surface area contributed by atoms with Crippen LogP contribution in [0.5, 0.6) is 0 Å². The van der Waals surface area contributed by atoms with Crippen LogP contribution in [0.1, 0.15) is 239 Å². The molecule has 0 radical (unpaired) electrons. The van der Waals surface area contributed by atoms with E-state index in [4.69, 9.17) is 14.2 Å². The van der Waals surface area contributed by atoms with Crippen LogP contribution in [-0.2, 0) is 28.6 Å². The normalized spacial score (nSPS) is 13.2. The summed E-state index contributed by atoms with van der Waals surface area (Å²) in [5.41, 5.74) is 0. The van der Waals surface area contributed by atoms with Crippen LogP contribution < -0.4 is 0 Å². The molecule has 0 aliphatic rings. The maximum Gasteiger partial charge on any atom is 0.306 e. The molecule has 0 aromatic heterocycles. The Hall–Kier alpha value is -4.71. The van der Waals surface area contributed by atoms with Gasteiger partial charge in [0.1, 0.15) is 13.2 Å². The summed E-state index contributed by atoms with van der Waals surface area (Å²) in [7, 11) is 0. The molecule has 0 bridgehead atoms. The fourth-order valence-corrected chi connectivity index (χ4v) is 7.52. The predicted molar refractivity (Wildman–Crippen MR) is 315 cm³/mol. The van der Waals surface area contributed by atoms with E-state index in [1.165, 1.54) is 51.4 Å². The van der Waals surface area contributed by atoms with Crippen molar-refractivity contribution in [1.29, 1.82) is 0 Å². The van der Waals surface area contributed by atoms with Crippen molar-refractivity contribution in [3.05, 3.63) is 146 Å². The van der Waals surface area contributed by atoms with Crippen molar-refractivity contribution in [2.45, 2.75) is 245 Å². The Morgan fingerprint density at radius 1 is 0.288 bits per heavy atom. The first-order valence-corrected chi connectivity index (χ1v) is 29.3. The first-order valence-electron chi connectivity index (χ1n) is 29.3. The zero-order valence-electron chi connectivity index (χ0n) is 46.8. The van der Waals surface area contributed by atoms with E-state index in [2.05, 4.69) is 167 Å². The molecule has 6 heteroatoms. The van der Waals surface area contributed by atoms with E-state index in [1.807, 2.05) is 0 Å². The number of hydrogen-bond acceptors (Lipinski definition) is 6. The highest BCUT2D eigenvalue weighted by Gasteiger charge is 2.19. The standard InChI is InChI=1S/C67H106O6/c1-4-7-10-13-16-19-22-24-26-27-28-29-30-31-32-33-34-35-36-37-38-39-41-42-45-48-51-54-57-60-66(69)72-63-64(62-71-65(68)59-56-53-50-47-44-21-18-15-12-9-6-3)73-67(70)61-58-55-52-49-46-43-40-25-23-20-17-14-11-8-5-2/h7-8,10-11,16-17,19-20,24-26,28-29,31-32,34-35,37-38,40-42,48,51,64H,4-6,9,12-15,18,21-23,27,30,33,36,39,43-47,49-50,52-63H2,1-3H3/b10-7-,11-8-,19-16-,20-17-,26-24-,29-28-,32-31-,35-34-,38-37-,40-25-,42-41-,51-48-. The molecule has 1 atom stereocenters. The van der Waals surface area contributed by atoms with Gasteiger partial charge in [-0.05, 0) is 116 Å². The molecule has 0 fully saturated rings. The number of rotatable bonds is 51. The zero-order valence-corrected chi connectivity index (χ0v) is 46.8. The lowest BCUT2D eigenvalue weighted by Gasteiger charge is -2.18. The molecule has 0 rings (SSSR count). The molecule has 0 saturated heterocycles. The van der Waals surface area contributed by atoms with Gasteiger partial charge in [0.25, 0.3) is 0 Å². The topological polar surface area (TPSA) is 78.9 Å². The first-order chi connectivity index (χ1) is 36.0. The number of carbonyl (C=O) groups excluding carboxylic acids is 3. The number of allylic oxidation sites excluding steroid dienone is 24. The molecular weight excluding hydrogens is 901 g/mol. The second-order valence-electron chi connectivity index (χ2n) is 18.8. The quantitative estimate of drug-likeness (QED) is 0.0261. The molecule has 0 aromatic rings. The first kappa shape index (κ1) is 68.3. The molecule has 1 unspecified atom stereocenters. The maximum atomic E-state index is 12.8. The van der Waals surface area contributed by atoms with E-state index in [9.17, 15) is 14.4 Å². The largest absolute Gasteiger partial charge is 0.462 e. The Bertz CT molecular complexity index is 1630. The molecule has 6 nitrogen and oxygen atoms in total. The summed E-state index contributed by atoms with van der Waals surface area (Å²) in [6.45, 7) is 6.33. The van der Waals surface area contributed by atoms with Crippen molar-refractivity contribution >= 4 is 17.9 Å². The molecule has 410 valence electrons. The minimum absolute atomic E-state index is 0.107. The molecule has 73 heavy (non-hydrogen) atoms. The maximum absolute atomic E-state index is 12.8. The number of ether oxygens (including phenoxy) is 3. The lowest BCUT2D eigenvalue weighted by molar-refractivity contribution is -0.167. The van der Waals surface area contributed by atoms with Crippen molar-refractivity contribution in [3.8, 4) is 0 Å². The second kappa shape index (κ2) is 59.8. The van der Waals surface area contributed by atoms with E-state index in [0.717, 1.165) is 141 Å². The lowest BCUT2D eigenvalue weighted by atomic mass is 10.1. The van der Waals surface area contributed by atoms with Crippen molar-refractivity contribution in [3.63, 3.8) is 0 Å². The van der Waals surface area contributed by atoms with Crippen LogP contribution in [0, 0.1) is 0 Å². The van der Waals surface area contributed by atoms with E-state index in [-0.39, 0.29) is 37.5 Å². The van der Waals surface area contributed by atoms with Crippen LogP contribution in [0.15, 0.2) is 146 Å². The van der Waals surface area contributed by atoms with Crippen LogP contribution >= 0.6 is 0 Å². The van der Waals surface area contributed by atoms with Crippen LogP contribution in [-0.4, -0.2) is 37.2 Å². The van der Waals surface area contributed by atoms with Crippen LogP contribution in [0.4, 0.5) is 0 Å². The van der Waals surface area contributed by atoms with Gasteiger partial charge in [-0.1, -0.05) is 250 Å². The van der Waals surface area contributed by atoms with E-state index in [0.29, 0.717) is 19.3 Å². The van der Waals surface area contributed by atoms with Crippen molar-refractivity contribution in [1.82, 2.24) is 0 Å². The fourth-order valence-electron chi connectivity index (χ4n) is 7.52. The van der Waals surface area contributed by atoms with Crippen LogP contribution in [0.25, 0.3) is 0 Å². The van der Waals surface area contributed by atoms with E-state index in [1.54, 1.807) is 0 Å². The van der Waals surface area contributed by atoms with Gasteiger partial charge in [0.2, 0.25) is 0 Å². The summed E-state index contributed by atoms with van der Waals surface area (Å²) >= 11 is 0. The molecule has 0 aliphatic carbocycles. The third kappa shape index (κ3) is 58.1. The minimum atomic E-state index is -0.814. The SMILES string of the molecule is CC/C=C\C/C=C\C/C=C\C/C=C\C/C=C\C/C=C\C/C=C\C/C=C\C/C=C\CCCC(=O)OCC(COC(=O)CCCCCCCCCCCCC)OC(=O)CCCCCCC/C=C\C/C=C\C/C=C\CC. The van der Waals surface area contributed by atoms with Gasteiger partial charge >= 0.3 is 17.9 Å². The van der Waals surface area contributed by atoms with Gasteiger partial charge in [0, 0.05) is 19.3 Å². The predicted octanol–water partition coefficient (Wildman–Crippen LogP) is 20.0. The molecule has 0 N–H and O–H groups in total. The Labute approximate surface area is 448 Å². The minimum Gasteiger partial charge on any atom is -0.462 e. The lowest BCUT2D eigenvalue weighted by Crippen LogP contribution is -2.30. The molecule has 0 aliphatic heterocycles. The Morgan fingerprint density at radius 2 is 0.548 bits per heavy atom. The summed E-state index contributed by atoms with van der Waals surface area (Å²) in [6, 6.07) is 0. The third-order valence-electron chi connectivity index (χ3n) is 11.8. The molecule has 0 amide bonds. The summed E-state index contributed by atoms with van der Waals surface area (Å²) in [5, 5.41) is 0. The Kier molecular flexibility index (Phi) is 56.0. The van der Waals surface area contributed by atoms with Crippen molar-refractivity contribution in [2.75, 3.05) is 13.2 Å². The molecular formula is C67H106O6. The van der Waals surface area contributed by atoms with Gasteiger partial charge in [-0.2, -0.15) is 0 Å². The summed E-state index contributed by atoms with van der Waals surface area (Å²) in [4.78, 5) is 38.1. The fraction of sp³-hybridized carbons (Fsp3) is 0.597. The summed E-state index contributed by atoms with van der Waals surface area (Å²) < 4.78 is 16.8. The number of carbonyl (C=O) groups is 3. The third-order valence-corrected chi connectivity index (χ3v) is 11.8. The molecule has 0 aromatic carbocycles. The van der Waals surface area contributed by atoms with Gasteiger partial charge in [0.05, 0.1) is 0 Å². The van der Waals surface area contributed by atoms with Crippen molar-refractivity contribution in [2.24, 2.45) is 0 Å². The van der Waals surface area contributed by atoms with E-state index >= 15 is 0 Å². The van der Waals surface area contributed by atoms with Gasteiger partial charge in [-0.3, -0.25) is 14.4 Å². The monoisotopic (exact) mass is 1010 g/mol. The summed E-state index contributed by atoms with van der Waals surface area (Å²) in [6.07, 6.45) is 85.6. The van der Waals surface area contributed by atoms with Gasteiger partial charge in [-0.25, -0.2) is 0 Å². The van der Waals surface area contributed by atoms with Crippen LogP contribution in [0.3, 0.4) is 0 Å². The van der Waals surface area contributed by atoms with Gasteiger partial charge in [-0.15, -0.1) is 0 Å². The summed E-state index contributed by atoms with van der Waals surface area (Å²) in [5.74, 6) is -0.993. The second-order valence-corrected chi connectivity index (χ2v) is 18.8. The zero-order chi connectivity index (χ0) is 52.9. The number of hydrogen-bond donors (Lipinski definition) is 0. The van der Waals surface area contributed by atoms with Gasteiger partial charge < -0.3 is 14.2 Å². The highest BCUT2D eigenvalue weighted by Crippen LogP contribution is 2.14. The smallest absolute Gasteiger partial charge is 0.306 e. The Morgan fingerprint density at radius 3 is 0.890 bits per heavy atom. The number of esters is 3. The highest BCUT2D eigenvalue weighted by molar-refractivity contribution is 5.71.